The van der Waals surface area contributed by atoms with Gasteiger partial charge in [0, 0.05) is 8.95 Å². The highest BCUT2D eigenvalue weighted by atomic mass is 79.9. The quantitative estimate of drug-likeness (QED) is 0.532. The van der Waals surface area contributed by atoms with E-state index in [2.05, 4.69) is 46.6 Å². The molecule has 0 fully saturated rings. The highest BCUT2D eigenvalue weighted by Crippen LogP contribution is 2.37. The van der Waals surface area contributed by atoms with Crippen LogP contribution in [0.25, 0.3) is 0 Å². The molecule has 0 aliphatic heterocycles. The molecule has 10 heteroatoms. The first-order valence-corrected chi connectivity index (χ1v) is 6.26. The number of rotatable bonds is 3. The fourth-order valence-electron chi connectivity index (χ4n) is 1.09. The van der Waals surface area contributed by atoms with Crippen molar-refractivity contribution in [2.24, 2.45) is 27.2 Å². The van der Waals surface area contributed by atoms with E-state index in [9.17, 15) is 8.78 Å². The summed E-state index contributed by atoms with van der Waals surface area (Å²) in [5.74, 6) is -0.455. The highest BCUT2D eigenvalue weighted by Gasteiger charge is 2.11. The molecule has 0 saturated heterocycles. The summed E-state index contributed by atoms with van der Waals surface area (Å²) in [6.07, 6.45) is 0. The lowest BCUT2D eigenvalue weighted by atomic mass is 10.3. The summed E-state index contributed by atoms with van der Waals surface area (Å²) in [7, 11) is 0. The monoisotopic (exact) mass is 399 g/mol. The predicted octanol–water partition coefficient (Wildman–Crippen LogP) is 2.03. The van der Waals surface area contributed by atoms with Crippen molar-refractivity contribution in [3.63, 3.8) is 0 Å². The van der Waals surface area contributed by atoms with E-state index in [0.717, 1.165) is 0 Å². The Kier molecular flexibility index (Phi) is 5.48. The van der Waals surface area contributed by atoms with E-state index < -0.39 is 6.61 Å². The van der Waals surface area contributed by atoms with Crippen LogP contribution in [0.5, 0.6) is 5.75 Å². The number of ether oxygens (including phenoxy) is 1. The van der Waals surface area contributed by atoms with Crippen molar-refractivity contribution < 1.29 is 13.5 Å². The second kappa shape index (κ2) is 6.66. The number of aliphatic imine (C=N–C) groups is 2. The molecule has 1 rings (SSSR count). The molecular formula is C9H9Br2F2N5O. The van der Waals surface area contributed by atoms with E-state index >= 15 is 0 Å². The Labute approximate surface area is 124 Å². The van der Waals surface area contributed by atoms with Gasteiger partial charge in [-0.2, -0.15) is 13.8 Å². The molecule has 19 heavy (non-hydrogen) atoms. The average molecular weight is 401 g/mol. The van der Waals surface area contributed by atoms with E-state index in [1.807, 2.05) is 0 Å². The van der Waals surface area contributed by atoms with Gasteiger partial charge in [-0.15, -0.1) is 0 Å². The van der Waals surface area contributed by atoms with Crippen molar-refractivity contribution in [1.82, 2.24) is 0 Å². The highest BCUT2D eigenvalue weighted by molar-refractivity contribution is 9.11. The number of guanidine groups is 2. The molecule has 0 heterocycles. The molecule has 0 radical (unpaired) electrons. The Hall–Kier alpha value is -1.42. The summed E-state index contributed by atoms with van der Waals surface area (Å²) in [4.78, 5) is 7.46. The molecular weight excluding hydrogens is 392 g/mol. The topological polar surface area (TPSA) is 112 Å². The van der Waals surface area contributed by atoms with Gasteiger partial charge in [0.25, 0.3) is 0 Å². The minimum absolute atomic E-state index is 0.0342. The van der Waals surface area contributed by atoms with Crippen molar-refractivity contribution in [3.05, 3.63) is 21.1 Å². The van der Waals surface area contributed by atoms with E-state index in [1.165, 1.54) is 12.1 Å². The van der Waals surface area contributed by atoms with Gasteiger partial charge in [0.15, 0.2) is 5.96 Å². The van der Waals surface area contributed by atoms with Crippen LogP contribution in [0, 0.1) is 0 Å². The van der Waals surface area contributed by atoms with Gasteiger partial charge in [-0.3, -0.25) is 0 Å². The van der Waals surface area contributed by atoms with E-state index in [0.29, 0.717) is 14.6 Å². The zero-order valence-electron chi connectivity index (χ0n) is 9.28. The molecule has 1 aromatic carbocycles. The molecule has 0 amide bonds. The first-order valence-electron chi connectivity index (χ1n) is 4.67. The lowest BCUT2D eigenvalue weighted by Gasteiger charge is -2.08. The predicted molar refractivity (Wildman–Crippen MR) is 75.6 cm³/mol. The maximum absolute atomic E-state index is 12.1. The SMILES string of the molecule is NC(N)=NC(N)=Nc1c(Br)cc(OC(F)F)cc1Br. The smallest absolute Gasteiger partial charge is 0.387 e. The van der Waals surface area contributed by atoms with Gasteiger partial charge in [0.1, 0.15) is 5.75 Å². The van der Waals surface area contributed by atoms with Crippen LogP contribution in [0.1, 0.15) is 0 Å². The fraction of sp³-hybridized carbons (Fsp3) is 0.111. The Balaban J connectivity index is 3.14. The minimum atomic E-state index is -2.92. The number of alkyl halides is 2. The standard InChI is InChI=1S/C9H9Br2F2N5O/c10-4-1-3(19-7(12)13)2-5(11)6(4)17-9(16)18-8(14)15/h1-2,7H,(H6,14,15,16,17,18). The summed E-state index contributed by atoms with van der Waals surface area (Å²) in [5.41, 5.74) is 16.1. The summed E-state index contributed by atoms with van der Waals surface area (Å²) in [6, 6.07) is 2.64. The largest absolute Gasteiger partial charge is 0.435 e. The zero-order chi connectivity index (χ0) is 14.6. The summed E-state index contributed by atoms with van der Waals surface area (Å²) < 4.78 is 29.2. The molecule has 1 aromatic rings. The third-order valence-electron chi connectivity index (χ3n) is 1.69. The Morgan fingerprint density at radius 1 is 1.16 bits per heavy atom. The van der Waals surface area contributed by atoms with Crippen molar-refractivity contribution >= 4 is 49.5 Å². The van der Waals surface area contributed by atoms with E-state index in [4.69, 9.17) is 17.2 Å². The maximum Gasteiger partial charge on any atom is 0.387 e. The second-order valence-electron chi connectivity index (χ2n) is 3.12. The van der Waals surface area contributed by atoms with Gasteiger partial charge < -0.3 is 21.9 Å². The average Bonchev–Trinajstić information content (AvgIpc) is 2.21. The van der Waals surface area contributed by atoms with Gasteiger partial charge in [-0.05, 0) is 44.0 Å². The molecule has 0 saturated carbocycles. The molecule has 0 atom stereocenters. The minimum Gasteiger partial charge on any atom is -0.435 e. The van der Waals surface area contributed by atoms with E-state index in [-0.39, 0.29) is 17.7 Å². The van der Waals surface area contributed by atoms with Crippen LogP contribution < -0.4 is 21.9 Å². The van der Waals surface area contributed by atoms with Crippen LogP contribution in [0.3, 0.4) is 0 Å². The third-order valence-corrected chi connectivity index (χ3v) is 2.89. The number of nitrogens with zero attached hydrogens (tertiary/aromatic N) is 2. The van der Waals surface area contributed by atoms with Crippen molar-refractivity contribution in [2.75, 3.05) is 0 Å². The number of hydrogen-bond donors (Lipinski definition) is 3. The fourth-order valence-corrected chi connectivity index (χ4v) is 2.41. The first-order chi connectivity index (χ1) is 8.79. The van der Waals surface area contributed by atoms with Crippen LogP contribution in [0.4, 0.5) is 14.5 Å². The van der Waals surface area contributed by atoms with Gasteiger partial charge in [-0.1, -0.05) is 0 Å². The van der Waals surface area contributed by atoms with Crippen LogP contribution >= 0.6 is 31.9 Å². The normalized spacial score (nSPS) is 11.5. The van der Waals surface area contributed by atoms with E-state index in [1.54, 1.807) is 0 Å². The molecule has 0 aromatic heterocycles. The van der Waals surface area contributed by atoms with Crippen LogP contribution in [-0.4, -0.2) is 18.5 Å². The molecule has 0 unspecified atom stereocenters. The second-order valence-corrected chi connectivity index (χ2v) is 4.83. The van der Waals surface area contributed by atoms with Crippen molar-refractivity contribution in [1.29, 1.82) is 0 Å². The van der Waals surface area contributed by atoms with Gasteiger partial charge >= 0.3 is 6.61 Å². The van der Waals surface area contributed by atoms with Gasteiger partial charge in [-0.25, -0.2) is 4.99 Å². The van der Waals surface area contributed by atoms with Gasteiger partial charge in [0.05, 0.1) is 5.69 Å². The number of halogens is 4. The number of benzene rings is 1. The molecule has 104 valence electrons. The molecule has 6 nitrogen and oxygen atoms in total. The van der Waals surface area contributed by atoms with Crippen LogP contribution in [-0.2, 0) is 0 Å². The zero-order valence-corrected chi connectivity index (χ0v) is 12.5. The lowest BCUT2D eigenvalue weighted by molar-refractivity contribution is -0.0499. The maximum atomic E-state index is 12.1. The summed E-state index contributed by atoms with van der Waals surface area (Å²) in [6.45, 7) is -2.92. The van der Waals surface area contributed by atoms with Gasteiger partial charge in [0.2, 0.25) is 5.96 Å². The van der Waals surface area contributed by atoms with Crippen molar-refractivity contribution in [3.8, 4) is 5.75 Å². The van der Waals surface area contributed by atoms with Crippen molar-refractivity contribution in [2.45, 2.75) is 6.61 Å². The Bertz CT molecular complexity index is 508. The van der Waals surface area contributed by atoms with Crippen LogP contribution in [0.15, 0.2) is 31.1 Å². The lowest BCUT2D eigenvalue weighted by Crippen LogP contribution is -2.26. The Morgan fingerprint density at radius 3 is 2.11 bits per heavy atom. The molecule has 0 spiro atoms. The third kappa shape index (κ3) is 4.99. The first kappa shape index (κ1) is 15.6. The molecule has 0 aliphatic rings. The Morgan fingerprint density at radius 2 is 1.68 bits per heavy atom. The molecule has 0 aliphatic carbocycles. The summed E-state index contributed by atoms with van der Waals surface area (Å²) >= 11 is 6.31. The number of hydrogen-bond acceptors (Lipinski definition) is 2. The number of nitrogens with two attached hydrogens (primary N) is 3. The molecule has 6 N–H and O–H groups in total. The molecule has 0 bridgehead atoms. The summed E-state index contributed by atoms with van der Waals surface area (Å²) in [5, 5.41) is 0. The van der Waals surface area contributed by atoms with Crippen LogP contribution in [0.2, 0.25) is 0 Å².